The quantitative estimate of drug-likeness (QED) is 0.829. The Morgan fingerprint density at radius 2 is 2.12 bits per heavy atom. The standard InChI is InChI=1S/C13H17NO3/c1-2-17-10-5-3-9(4-6-10)11-7-14-8-12(11)13(15)16/h3-6,11-12,14H,2,7-8H2,1H3,(H,15,16)/t11-,12+/m1/s1. The molecule has 4 nitrogen and oxygen atoms in total. The molecule has 0 spiro atoms. The second-order valence-electron chi connectivity index (χ2n) is 4.21. The first-order chi connectivity index (χ1) is 8.22. The van der Waals surface area contributed by atoms with E-state index in [-0.39, 0.29) is 11.8 Å². The van der Waals surface area contributed by atoms with E-state index in [2.05, 4.69) is 5.32 Å². The van der Waals surface area contributed by atoms with E-state index in [0.29, 0.717) is 13.2 Å². The Balaban J connectivity index is 2.13. The van der Waals surface area contributed by atoms with Crippen LogP contribution in [-0.4, -0.2) is 30.8 Å². The average Bonchev–Trinajstić information content (AvgIpc) is 2.79. The van der Waals surface area contributed by atoms with Crippen LogP contribution in [0.5, 0.6) is 5.75 Å². The van der Waals surface area contributed by atoms with Gasteiger partial charge in [0, 0.05) is 19.0 Å². The Hall–Kier alpha value is -1.55. The van der Waals surface area contributed by atoms with Crippen LogP contribution in [0.4, 0.5) is 0 Å². The van der Waals surface area contributed by atoms with Crippen LogP contribution in [0.15, 0.2) is 24.3 Å². The van der Waals surface area contributed by atoms with Gasteiger partial charge < -0.3 is 15.2 Å². The van der Waals surface area contributed by atoms with Gasteiger partial charge in [-0.3, -0.25) is 4.79 Å². The predicted octanol–water partition coefficient (Wildman–Crippen LogP) is 1.47. The third-order valence-corrected chi connectivity index (χ3v) is 3.15. The van der Waals surface area contributed by atoms with Crippen LogP contribution in [0.2, 0.25) is 0 Å². The lowest BCUT2D eigenvalue weighted by molar-refractivity contribution is -0.141. The summed E-state index contributed by atoms with van der Waals surface area (Å²) < 4.78 is 5.37. The van der Waals surface area contributed by atoms with Gasteiger partial charge in [-0.1, -0.05) is 12.1 Å². The molecular formula is C13H17NO3. The summed E-state index contributed by atoms with van der Waals surface area (Å²) >= 11 is 0. The van der Waals surface area contributed by atoms with Gasteiger partial charge in [0.2, 0.25) is 0 Å². The van der Waals surface area contributed by atoms with E-state index in [4.69, 9.17) is 9.84 Å². The lowest BCUT2D eigenvalue weighted by atomic mass is 9.89. The second kappa shape index (κ2) is 5.19. The predicted molar refractivity (Wildman–Crippen MR) is 64.3 cm³/mol. The first-order valence-corrected chi connectivity index (χ1v) is 5.88. The fourth-order valence-corrected chi connectivity index (χ4v) is 2.27. The summed E-state index contributed by atoms with van der Waals surface area (Å²) in [6, 6.07) is 7.71. The molecule has 0 bridgehead atoms. The van der Waals surface area contributed by atoms with Crippen LogP contribution in [0.25, 0.3) is 0 Å². The van der Waals surface area contributed by atoms with Crippen molar-refractivity contribution in [2.75, 3.05) is 19.7 Å². The third-order valence-electron chi connectivity index (χ3n) is 3.15. The summed E-state index contributed by atoms with van der Waals surface area (Å²) in [4.78, 5) is 11.1. The summed E-state index contributed by atoms with van der Waals surface area (Å²) in [6.45, 7) is 3.86. The number of hydrogen-bond donors (Lipinski definition) is 2. The summed E-state index contributed by atoms with van der Waals surface area (Å²) in [5.41, 5.74) is 1.06. The van der Waals surface area contributed by atoms with Gasteiger partial charge in [0.15, 0.2) is 0 Å². The summed E-state index contributed by atoms with van der Waals surface area (Å²) in [5.74, 6) is -0.168. The molecule has 2 rings (SSSR count). The van der Waals surface area contributed by atoms with Crippen molar-refractivity contribution in [1.29, 1.82) is 0 Å². The van der Waals surface area contributed by atoms with Gasteiger partial charge in [-0.2, -0.15) is 0 Å². The third kappa shape index (κ3) is 2.58. The van der Waals surface area contributed by atoms with E-state index < -0.39 is 5.97 Å². The van der Waals surface area contributed by atoms with Gasteiger partial charge in [-0.25, -0.2) is 0 Å². The molecule has 2 N–H and O–H groups in total. The van der Waals surface area contributed by atoms with Crippen LogP contribution in [-0.2, 0) is 4.79 Å². The number of nitrogens with one attached hydrogen (secondary N) is 1. The highest BCUT2D eigenvalue weighted by Crippen LogP contribution is 2.29. The van der Waals surface area contributed by atoms with Crippen LogP contribution >= 0.6 is 0 Å². The first-order valence-electron chi connectivity index (χ1n) is 5.88. The van der Waals surface area contributed by atoms with E-state index in [1.54, 1.807) is 0 Å². The van der Waals surface area contributed by atoms with E-state index in [9.17, 15) is 4.79 Å². The molecule has 0 aliphatic carbocycles. The molecule has 0 amide bonds. The van der Waals surface area contributed by atoms with Crippen molar-refractivity contribution >= 4 is 5.97 Å². The van der Waals surface area contributed by atoms with Gasteiger partial charge in [0.25, 0.3) is 0 Å². The zero-order chi connectivity index (χ0) is 12.3. The molecule has 1 aromatic rings. The lowest BCUT2D eigenvalue weighted by Gasteiger charge is -2.15. The SMILES string of the molecule is CCOc1ccc([C@H]2CNC[C@@H]2C(=O)O)cc1. The molecule has 1 saturated heterocycles. The van der Waals surface area contributed by atoms with Crippen LogP contribution in [0.1, 0.15) is 18.4 Å². The summed E-state index contributed by atoms with van der Waals surface area (Å²) in [5, 5.41) is 12.2. The number of carboxylic acid groups (broad SMARTS) is 1. The molecular weight excluding hydrogens is 218 g/mol. The minimum atomic E-state index is -0.728. The maximum Gasteiger partial charge on any atom is 0.308 e. The Morgan fingerprint density at radius 1 is 1.41 bits per heavy atom. The maximum atomic E-state index is 11.1. The van der Waals surface area contributed by atoms with Gasteiger partial charge in [-0.15, -0.1) is 0 Å². The number of aliphatic carboxylic acids is 1. The van der Waals surface area contributed by atoms with Crippen molar-refractivity contribution in [1.82, 2.24) is 5.32 Å². The molecule has 92 valence electrons. The zero-order valence-corrected chi connectivity index (χ0v) is 9.85. The lowest BCUT2D eigenvalue weighted by Crippen LogP contribution is -2.20. The highest BCUT2D eigenvalue weighted by atomic mass is 16.5. The van der Waals surface area contributed by atoms with E-state index >= 15 is 0 Å². The van der Waals surface area contributed by atoms with Crippen molar-refractivity contribution in [3.8, 4) is 5.75 Å². The van der Waals surface area contributed by atoms with E-state index in [1.165, 1.54) is 0 Å². The molecule has 0 saturated carbocycles. The molecule has 0 unspecified atom stereocenters. The van der Waals surface area contributed by atoms with Crippen molar-refractivity contribution < 1.29 is 14.6 Å². The number of ether oxygens (including phenoxy) is 1. The van der Waals surface area contributed by atoms with Gasteiger partial charge in [0.05, 0.1) is 12.5 Å². The summed E-state index contributed by atoms with van der Waals surface area (Å²) in [6.07, 6.45) is 0. The number of benzene rings is 1. The molecule has 0 aromatic heterocycles. The molecule has 1 aliphatic heterocycles. The summed E-state index contributed by atoms with van der Waals surface area (Å²) in [7, 11) is 0. The number of hydrogen-bond acceptors (Lipinski definition) is 3. The minimum Gasteiger partial charge on any atom is -0.494 e. The molecule has 0 radical (unpaired) electrons. The van der Waals surface area contributed by atoms with Crippen molar-refractivity contribution in [2.45, 2.75) is 12.8 Å². The maximum absolute atomic E-state index is 11.1. The molecule has 1 aromatic carbocycles. The Kier molecular flexibility index (Phi) is 3.64. The smallest absolute Gasteiger partial charge is 0.308 e. The van der Waals surface area contributed by atoms with Crippen molar-refractivity contribution in [2.24, 2.45) is 5.92 Å². The number of rotatable bonds is 4. The van der Waals surface area contributed by atoms with Gasteiger partial charge in [0.1, 0.15) is 5.75 Å². The van der Waals surface area contributed by atoms with Crippen LogP contribution in [0.3, 0.4) is 0 Å². The normalized spacial score (nSPS) is 23.6. The highest BCUT2D eigenvalue weighted by molar-refractivity contribution is 5.72. The average molecular weight is 235 g/mol. The Bertz CT molecular complexity index is 388. The van der Waals surface area contributed by atoms with Gasteiger partial charge in [-0.05, 0) is 24.6 Å². The largest absolute Gasteiger partial charge is 0.494 e. The van der Waals surface area contributed by atoms with Crippen molar-refractivity contribution in [3.05, 3.63) is 29.8 Å². The highest BCUT2D eigenvalue weighted by Gasteiger charge is 2.33. The monoisotopic (exact) mass is 235 g/mol. The van der Waals surface area contributed by atoms with E-state index in [1.807, 2.05) is 31.2 Å². The number of carbonyl (C=O) groups is 1. The molecule has 17 heavy (non-hydrogen) atoms. The van der Waals surface area contributed by atoms with Crippen LogP contribution < -0.4 is 10.1 Å². The fraction of sp³-hybridized carbons (Fsp3) is 0.462. The molecule has 1 aliphatic rings. The Morgan fingerprint density at radius 3 is 2.71 bits per heavy atom. The van der Waals surface area contributed by atoms with Crippen LogP contribution in [0, 0.1) is 5.92 Å². The Labute approximate surface area is 101 Å². The molecule has 1 fully saturated rings. The number of carboxylic acids is 1. The molecule has 1 heterocycles. The second-order valence-corrected chi connectivity index (χ2v) is 4.21. The van der Waals surface area contributed by atoms with E-state index in [0.717, 1.165) is 17.9 Å². The van der Waals surface area contributed by atoms with Crippen molar-refractivity contribution in [3.63, 3.8) is 0 Å². The fourth-order valence-electron chi connectivity index (χ4n) is 2.27. The zero-order valence-electron chi connectivity index (χ0n) is 9.85. The molecule has 2 atom stereocenters. The molecule has 4 heteroatoms. The topological polar surface area (TPSA) is 58.6 Å². The minimum absolute atomic E-state index is 0.0585. The van der Waals surface area contributed by atoms with Gasteiger partial charge >= 0.3 is 5.97 Å². The first kappa shape index (κ1) is 11.9.